The van der Waals surface area contributed by atoms with Crippen molar-refractivity contribution in [2.24, 2.45) is 0 Å². The van der Waals surface area contributed by atoms with Crippen LogP contribution in [0.1, 0.15) is 17.9 Å². The van der Waals surface area contributed by atoms with Gasteiger partial charge in [0.15, 0.2) is 5.65 Å². The molecule has 1 saturated heterocycles. The fourth-order valence-electron chi connectivity index (χ4n) is 3.00. The standard InChI is InChI=1S/C15H13F5N8O/c16-12(17)8-7-11(29)22-14(21-8)27-5-3-26(4-6-27)10-2-1-9-23-24-13(15(18,19)20)28(9)25-10/h1-2,7,12H,3-6H2,(H,21,22,29). The Hall–Kier alpha value is -3.32. The zero-order chi connectivity index (χ0) is 20.8. The summed E-state index contributed by atoms with van der Waals surface area (Å²) >= 11 is 0. The van der Waals surface area contributed by atoms with Crippen molar-refractivity contribution < 1.29 is 22.0 Å². The van der Waals surface area contributed by atoms with Gasteiger partial charge in [0.05, 0.1) is 0 Å². The fourth-order valence-corrected chi connectivity index (χ4v) is 3.00. The minimum Gasteiger partial charge on any atom is -0.352 e. The lowest BCUT2D eigenvalue weighted by molar-refractivity contribution is -0.146. The maximum Gasteiger partial charge on any atom is 0.453 e. The molecule has 29 heavy (non-hydrogen) atoms. The summed E-state index contributed by atoms with van der Waals surface area (Å²) in [5.41, 5.74) is -1.34. The summed E-state index contributed by atoms with van der Waals surface area (Å²) < 4.78 is 65.4. The highest BCUT2D eigenvalue weighted by molar-refractivity contribution is 5.47. The molecule has 1 aliphatic heterocycles. The molecule has 4 rings (SSSR count). The van der Waals surface area contributed by atoms with E-state index in [1.807, 2.05) is 0 Å². The minimum atomic E-state index is -4.70. The number of rotatable bonds is 3. The van der Waals surface area contributed by atoms with E-state index < -0.39 is 29.7 Å². The van der Waals surface area contributed by atoms with E-state index in [4.69, 9.17) is 0 Å². The molecule has 0 radical (unpaired) electrons. The summed E-state index contributed by atoms with van der Waals surface area (Å²) in [6, 6.07) is 3.64. The lowest BCUT2D eigenvalue weighted by atomic mass is 10.3. The van der Waals surface area contributed by atoms with Gasteiger partial charge in [-0.05, 0) is 12.1 Å². The second-order valence-electron chi connectivity index (χ2n) is 6.25. The predicted octanol–water partition coefficient (Wildman–Crippen LogP) is 1.49. The Morgan fingerprint density at radius 3 is 2.38 bits per heavy atom. The number of halogens is 5. The van der Waals surface area contributed by atoms with Crippen LogP contribution in [0.3, 0.4) is 0 Å². The normalized spacial score (nSPS) is 15.5. The molecule has 0 amide bonds. The maximum atomic E-state index is 13.0. The van der Waals surface area contributed by atoms with E-state index >= 15 is 0 Å². The van der Waals surface area contributed by atoms with Crippen molar-refractivity contribution >= 4 is 17.4 Å². The molecule has 0 spiro atoms. The van der Waals surface area contributed by atoms with Crippen molar-refractivity contribution in [1.29, 1.82) is 0 Å². The molecule has 4 heterocycles. The first-order chi connectivity index (χ1) is 13.7. The minimum absolute atomic E-state index is 0.0222. The lowest BCUT2D eigenvalue weighted by Gasteiger charge is -2.35. The Bertz CT molecular complexity index is 1090. The first kappa shape index (κ1) is 19.0. The summed E-state index contributed by atoms with van der Waals surface area (Å²) in [6.45, 7) is 1.24. The molecule has 0 saturated carbocycles. The third-order valence-corrected chi connectivity index (χ3v) is 4.38. The molecule has 0 bridgehead atoms. The highest BCUT2D eigenvalue weighted by atomic mass is 19.4. The number of anilines is 2. The molecule has 0 atom stereocenters. The zero-order valence-electron chi connectivity index (χ0n) is 14.6. The Balaban J connectivity index is 1.54. The van der Waals surface area contributed by atoms with Crippen molar-refractivity contribution in [3.8, 4) is 0 Å². The number of alkyl halides is 5. The van der Waals surface area contributed by atoms with Crippen molar-refractivity contribution in [3.63, 3.8) is 0 Å². The van der Waals surface area contributed by atoms with Gasteiger partial charge in [0.25, 0.3) is 17.8 Å². The van der Waals surface area contributed by atoms with Crippen LogP contribution in [0.5, 0.6) is 0 Å². The van der Waals surface area contributed by atoms with Gasteiger partial charge in [-0.25, -0.2) is 13.8 Å². The molecule has 1 fully saturated rings. The molecular weight excluding hydrogens is 403 g/mol. The van der Waals surface area contributed by atoms with Gasteiger partial charge in [-0.15, -0.1) is 15.3 Å². The van der Waals surface area contributed by atoms with E-state index in [2.05, 4.69) is 25.3 Å². The largest absolute Gasteiger partial charge is 0.453 e. The van der Waals surface area contributed by atoms with Crippen LogP contribution >= 0.6 is 0 Å². The van der Waals surface area contributed by atoms with Gasteiger partial charge in [0.1, 0.15) is 11.5 Å². The highest BCUT2D eigenvalue weighted by Crippen LogP contribution is 2.28. The van der Waals surface area contributed by atoms with Crippen LogP contribution < -0.4 is 15.4 Å². The number of hydrogen-bond donors (Lipinski definition) is 1. The molecule has 3 aromatic rings. The van der Waals surface area contributed by atoms with Crippen LogP contribution in [0.4, 0.5) is 33.7 Å². The van der Waals surface area contributed by atoms with Crippen LogP contribution in [0.25, 0.3) is 5.65 Å². The lowest BCUT2D eigenvalue weighted by Crippen LogP contribution is -2.48. The summed E-state index contributed by atoms with van der Waals surface area (Å²) in [5, 5.41) is 10.6. The number of aromatic nitrogens is 6. The van der Waals surface area contributed by atoms with Crippen LogP contribution in [0, 0.1) is 0 Å². The molecule has 0 aromatic carbocycles. The van der Waals surface area contributed by atoms with Crippen LogP contribution in [-0.4, -0.2) is 56.0 Å². The number of hydrogen-bond acceptors (Lipinski definition) is 7. The molecule has 14 heteroatoms. The average Bonchev–Trinajstić information content (AvgIpc) is 3.11. The summed E-state index contributed by atoms with van der Waals surface area (Å²) in [6.07, 6.45) is -7.57. The van der Waals surface area contributed by atoms with Gasteiger partial charge in [-0.1, -0.05) is 0 Å². The van der Waals surface area contributed by atoms with Crippen molar-refractivity contribution in [3.05, 3.63) is 40.1 Å². The van der Waals surface area contributed by atoms with Crippen molar-refractivity contribution in [2.75, 3.05) is 36.0 Å². The van der Waals surface area contributed by atoms with Crippen LogP contribution in [-0.2, 0) is 6.18 Å². The Labute approximate surface area is 158 Å². The summed E-state index contributed by atoms with van der Waals surface area (Å²) in [5.74, 6) is -0.919. The first-order valence-corrected chi connectivity index (χ1v) is 8.41. The highest BCUT2D eigenvalue weighted by Gasteiger charge is 2.38. The van der Waals surface area contributed by atoms with Gasteiger partial charge < -0.3 is 9.80 Å². The molecule has 0 unspecified atom stereocenters. The monoisotopic (exact) mass is 416 g/mol. The number of fused-ring (bicyclic) bond motifs is 1. The van der Waals surface area contributed by atoms with E-state index in [1.54, 1.807) is 9.80 Å². The molecule has 1 N–H and O–H groups in total. The topological polar surface area (TPSA) is 95.3 Å². The molecule has 154 valence electrons. The van der Waals surface area contributed by atoms with E-state index in [9.17, 15) is 26.7 Å². The second-order valence-corrected chi connectivity index (χ2v) is 6.25. The fraction of sp³-hybridized carbons (Fsp3) is 0.400. The number of nitrogens with one attached hydrogen (secondary N) is 1. The van der Waals surface area contributed by atoms with Gasteiger partial charge in [0.2, 0.25) is 5.95 Å². The first-order valence-electron chi connectivity index (χ1n) is 8.41. The molecule has 3 aromatic heterocycles. The zero-order valence-corrected chi connectivity index (χ0v) is 14.6. The summed E-state index contributed by atoms with van der Waals surface area (Å²) in [7, 11) is 0. The van der Waals surface area contributed by atoms with Gasteiger partial charge in [0, 0.05) is 32.2 Å². The van der Waals surface area contributed by atoms with E-state index in [0.29, 0.717) is 30.7 Å². The third kappa shape index (κ3) is 3.69. The molecular formula is C15H13F5N8O. The van der Waals surface area contributed by atoms with Gasteiger partial charge in [-0.3, -0.25) is 9.78 Å². The Morgan fingerprint density at radius 1 is 1.03 bits per heavy atom. The molecule has 9 nitrogen and oxygen atoms in total. The maximum absolute atomic E-state index is 13.0. The predicted molar refractivity (Wildman–Crippen MR) is 90.0 cm³/mol. The van der Waals surface area contributed by atoms with Crippen molar-refractivity contribution in [1.82, 2.24) is 29.8 Å². The smallest absolute Gasteiger partial charge is 0.352 e. The molecule has 1 aliphatic rings. The van der Waals surface area contributed by atoms with E-state index in [0.717, 1.165) is 6.07 Å². The number of H-pyrrole nitrogens is 1. The van der Waals surface area contributed by atoms with Gasteiger partial charge >= 0.3 is 6.18 Å². The quantitative estimate of drug-likeness (QED) is 0.647. The van der Waals surface area contributed by atoms with E-state index in [-0.39, 0.29) is 17.4 Å². The molecule has 0 aliphatic carbocycles. The number of nitrogens with zero attached hydrogens (tertiary/aromatic N) is 7. The van der Waals surface area contributed by atoms with Crippen LogP contribution in [0.15, 0.2) is 23.0 Å². The van der Waals surface area contributed by atoms with Crippen LogP contribution in [0.2, 0.25) is 0 Å². The summed E-state index contributed by atoms with van der Waals surface area (Å²) in [4.78, 5) is 21.1. The Morgan fingerprint density at radius 2 is 1.72 bits per heavy atom. The van der Waals surface area contributed by atoms with Crippen molar-refractivity contribution in [2.45, 2.75) is 12.6 Å². The van der Waals surface area contributed by atoms with E-state index in [1.165, 1.54) is 12.1 Å². The second kappa shape index (κ2) is 6.93. The Kier molecular flexibility index (Phi) is 4.55. The SMILES string of the molecule is O=c1cc(C(F)F)nc(N2CCN(c3ccc4nnc(C(F)(F)F)n4n3)CC2)[nH]1. The number of aromatic amines is 1. The third-order valence-electron chi connectivity index (χ3n) is 4.38. The average molecular weight is 416 g/mol. The number of piperazine rings is 1. The van der Waals surface area contributed by atoms with Gasteiger partial charge in [-0.2, -0.15) is 17.7 Å².